The lowest BCUT2D eigenvalue weighted by Crippen LogP contribution is -2.48. The van der Waals surface area contributed by atoms with E-state index in [0.717, 1.165) is 55.2 Å². The van der Waals surface area contributed by atoms with Crippen molar-refractivity contribution in [3.63, 3.8) is 0 Å². The van der Waals surface area contributed by atoms with E-state index in [9.17, 15) is 4.79 Å². The van der Waals surface area contributed by atoms with Crippen LogP contribution in [0.1, 0.15) is 17.0 Å². The third kappa shape index (κ3) is 5.59. The number of aryl methyl sites for hydroxylation is 2. The van der Waals surface area contributed by atoms with E-state index < -0.39 is 0 Å². The third-order valence-corrected chi connectivity index (χ3v) is 6.45. The maximum absolute atomic E-state index is 12.7. The number of nitrogens with zero attached hydrogens (tertiary/aromatic N) is 5. The zero-order valence-corrected chi connectivity index (χ0v) is 19.6. The standard InChI is InChI=1S/C22H31N5O3S/c1-6-7-27-17(3)23-24-22(27)31-15-21(28)26-10-8-25(9-11-26)14-18-13-20(30-5)19(29-4)12-16(18)2/h6,12-13H,1,7-11,14-15H2,2-5H3. The van der Waals surface area contributed by atoms with Crippen LogP contribution in [0, 0.1) is 13.8 Å². The van der Waals surface area contributed by atoms with Crippen LogP contribution >= 0.6 is 11.8 Å². The van der Waals surface area contributed by atoms with Gasteiger partial charge in [0.25, 0.3) is 0 Å². The molecule has 0 saturated carbocycles. The van der Waals surface area contributed by atoms with Crippen molar-refractivity contribution in [2.24, 2.45) is 0 Å². The molecule has 0 bridgehead atoms. The maximum Gasteiger partial charge on any atom is 0.233 e. The molecule has 0 aliphatic carbocycles. The molecule has 0 spiro atoms. The fraction of sp³-hybridized carbons (Fsp3) is 0.500. The van der Waals surface area contributed by atoms with Gasteiger partial charge >= 0.3 is 0 Å². The number of ether oxygens (including phenoxy) is 2. The molecular weight excluding hydrogens is 414 g/mol. The summed E-state index contributed by atoms with van der Waals surface area (Å²) in [6.07, 6.45) is 1.81. The van der Waals surface area contributed by atoms with Gasteiger partial charge in [-0.25, -0.2) is 0 Å². The first-order chi connectivity index (χ1) is 15.0. The quantitative estimate of drug-likeness (QED) is 0.434. The number of hydrogen-bond donors (Lipinski definition) is 0. The Bertz CT molecular complexity index is 922. The minimum Gasteiger partial charge on any atom is -0.493 e. The molecule has 0 radical (unpaired) electrons. The zero-order chi connectivity index (χ0) is 22.4. The first-order valence-electron chi connectivity index (χ1n) is 10.3. The molecule has 1 aromatic carbocycles. The summed E-state index contributed by atoms with van der Waals surface area (Å²) in [7, 11) is 3.30. The highest BCUT2D eigenvalue weighted by atomic mass is 32.2. The minimum absolute atomic E-state index is 0.137. The van der Waals surface area contributed by atoms with Crippen LogP contribution in [0.4, 0.5) is 0 Å². The second-order valence-electron chi connectivity index (χ2n) is 7.51. The summed E-state index contributed by atoms with van der Waals surface area (Å²) in [5.74, 6) is 2.82. The Morgan fingerprint density at radius 1 is 1.13 bits per heavy atom. The van der Waals surface area contributed by atoms with Crippen molar-refractivity contribution >= 4 is 17.7 Å². The number of benzene rings is 1. The largest absolute Gasteiger partial charge is 0.493 e. The molecular formula is C22H31N5O3S. The lowest BCUT2D eigenvalue weighted by molar-refractivity contribution is -0.130. The molecule has 0 atom stereocenters. The first-order valence-corrected chi connectivity index (χ1v) is 11.3. The molecule has 1 aliphatic heterocycles. The number of piperazine rings is 1. The smallest absolute Gasteiger partial charge is 0.233 e. The van der Waals surface area contributed by atoms with Crippen molar-refractivity contribution in [3.8, 4) is 11.5 Å². The van der Waals surface area contributed by atoms with E-state index >= 15 is 0 Å². The predicted octanol–water partition coefficient (Wildman–Crippen LogP) is 2.53. The van der Waals surface area contributed by atoms with Gasteiger partial charge in [0, 0.05) is 39.3 Å². The normalized spacial score (nSPS) is 14.5. The first kappa shape index (κ1) is 23.1. The lowest BCUT2D eigenvalue weighted by atomic mass is 10.1. The average Bonchev–Trinajstić information content (AvgIpc) is 3.13. The Balaban J connectivity index is 1.52. The SMILES string of the molecule is C=CCn1c(C)nnc1SCC(=O)N1CCN(Cc2cc(OC)c(OC)cc2C)CC1. The number of amides is 1. The molecule has 0 unspecified atom stereocenters. The van der Waals surface area contributed by atoms with Crippen LogP contribution in [0.2, 0.25) is 0 Å². The number of allylic oxidation sites excluding steroid dienone is 1. The molecule has 9 heteroatoms. The van der Waals surface area contributed by atoms with E-state index in [1.54, 1.807) is 14.2 Å². The van der Waals surface area contributed by atoms with E-state index in [0.29, 0.717) is 12.3 Å². The van der Waals surface area contributed by atoms with Gasteiger partial charge in [-0.2, -0.15) is 0 Å². The second kappa shape index (κ2) is 10.7. The van der Waals surface area contributed by atoms with E-state index in [1.807, 2.05) is 34.6 Å². The van der Waals surface area contributed by atoms with Gasteiger partial charge in [0.05, 0.1) is 20.0 Å². The van der Waals surface area contributed by atoms with Gasteiger partial charge in [-0.1, -0.05) is 17.8 Å². The minimum atomic E-state index is 0.137. The molecule has 8 nitrogen and oxygen atoms in total. The van der Waals surface area contributed by atoms with Gasteiger partial charge in [-0.15, -0.1) is 16.8 Å². The highest BCUT2D eigenvalue weighted by Crippen LogP contribution is 2.31. The molecule has 1 amide bonds. The summed E-state index contributed by atoms with van der Waals surface area (Å²) in [6.45, 7) is 12.4. The van der Waals surface area contributed by atoms with Crippen molar-refractivity contribution in [1.82, 2.24) is 24.6 Å². The Morgan fingerprint density at radius 3 is 2.45 bits per heavy atom. The van der Waals surface area contributed by atoms with E-state index in [4.69, 9.17) is 9.47 Å². The number of aromatic nitrogens is 3. The van der Waals surface area contributed by atoms with Crippen LogP contribution < -0.4 is 9.47 Å². The molecule has 168 valence electrons. The molecule has 1 aromatic heterocycles. The summed E-state index contributed by atoms with van der Waals surface area (Å²) in [5.41, 5.74) is 2.39. The molecule has 3 rings (SSSR count). The van der Waals surface area contributed by atoms with Gasteiger partial charge in [0.2, 0.25) is 5.91 Å². The highest BCUT2D eigenvalue weighted by molar-refractivity contribution is 7.99. The number of carbonyl (C=O) groups excluding carboxylic acids is 1. The Morgan fingerprint density at radius 2 is 1.81 bits per heavy atom. The van der Waals surface area contributed by atoms with Crippen LogP contribution in [0.25, 0.3) is 0 Å². The van der Waals surface area contributed by atoms with Gasteiger partial charge < -0.3 is 18.9 Å². The number of rotatable bonds is 9. The fourth-order valence-electron chi connectivity index (χ4n) is 3.61. The summed E-state index contributed by atoms with van der Waals surface area (Å²) < 4.78 is 12.8. The van der Waals surface area contributed by atoms with E-state index in [1.165, 1.54) is 22.9 Å². The van der Waals surface area contributed by atoms with Gasteiger partial charge in [0.1, 0.15) is 5.82 Å². The molecule has 2 heterocycles. The van der Waals surface area contributed by atoms with E-state index in [2.05, 4.69) is 28.6 Å². The van der Waals surface area contributed by atoms with Crippen molar-refractivity contribution < 1.29 is 14.3 Å². The molecule has 0 N–H and O–H groups in total. The lowest BCUT2D eigenvalue weighted by Gasteiger charge is -2.35. The monoisotopic (exact) mass is 445 g/mol. The summed E-state index contributed by atoms with van der Waals surface area (Å²) in [5, 5.41) is 9.03. The summed E-state index contributed by atoms with van der Waals surface area (Å²) in [6, 6.07) is 4.06. The Hall–Kier alpha value is -2.52. The topological polar surface area (TPSA) is 72.7 Å². The van der Waals surface area contributed by atoms with Crippen LogP contribution in [-0.2, 0) is 17.9 Å². The molecule has 1 aliphatic rings. The summed E-state index contributed by atoms with van der Waals surface area (Å²) >= 11 is 1.43. The van der Waals surface area contributed by atoms with Crippen LogP contribution in [0.15, 0.2) is 29.9 Å². The van der Waals surface area contributed by atoms with Gasteiger partial charge in [-0.3, -0.25) is 9.69 Å². The number of hydrogen-bond acceptors (Lipinski definition) is 7. The number of thioether (sulfide) groups is 1. The fourth-order valence-corrected chi connectivity index (χ4v) is 4.51. The molecule has 1 fully saturated rings. The number of methoxy groups -OCH3 is 2. The Kier molecular flexibility index (Phi) is 7.97. The highest BCUT2D eigenvalue weighted by Gasteiger charge is 2.23. The maximum atomic E-state index is 12.7. The van der Waals surface area contributed by atoms with Gasteiger partial charge in [-0.05, 0) is 37.1 Å². The summed E-state index contributed by atoms with van der Waals surface area (Å²) in [4.78, 5) is 17.0. The molecule has 1 saturated heterocycles. The van der Waals surface area contributed by atoms with Crippen LogP contribution in [0.3, 0.4) is 0 Å². The van der Waals surface area contributed by atoms with Crippen molar-refractivity contribution in [3.05, 3.63) is 41.7 Å². The van der Waals surface area contributed by atoms with Crippen molar-refractivity contribution in [2.45, 2.75) is 32.1 Å². The van der Waals surface area contributed by atoms with Crippen LogP contribution in [0.5, 0.6) is 11.5 Å². The molecule has 2 aromatic rings. The van der Waals surface area contributed by atoms with Crippen LogP contribution in [-0.4, -0.2) is 76.6 Å². The molecule has 31 heavy (non-hydrogen) atoms. The van der Waals surface area contributed by atoms with Crippen molar-refractivity contribution in [1.29, 1.82) is 0 Å². The average molecular weight is 446 g/mol. The zero-order valence-electron chi connectivity index (χ0n) is 18.8. The Labute approximate surface area is 188 Å². The van der Waals surface area contributed by atoms with Crippen molar-refractivity contribution in [2.75, 3.05) is 46.2 Å². The van der Waals surface area contributed by atoms with E-state index in [-0.39, 0.29) is 5.91 Å². The number of carbonyl (C=O) groups is 1. The van der Waals surface area contributed by atoms with Gasteiger partial charge in [0.15, 0.2) is 16.7 Å². The third-order valence-electron chi connectivity index (χ3n) is 5.50. The predicted molar refractivity (Wildman–Crippen MR) is 122 cm³/mol. The second-order valence-corrected chi connectivity index (χ2v) is 8.45.